The fourth-order valence-electron chi connectivity index (χ4n) is 1.98. The molecule has 1 aliphatic carbocycles. The summed E-state index contributed by atoms with van der Waals surface area (Å²) in [5.41, 5.74) is -0.495. The van der Waals surface area contributed by atoms with Gasteiger partial charge >= 0.3 is 5.97 Å². The second-order valence-corrected chi connectivity index (χ2v) is 4.55. The molecule has 0 heterocycles. The van der Waals surface area contributed by atoms with Crippen LogP contribution in [0.25, 0.3) is 0 Å². The van der Waals surface area contributed by atoms with Crippen LogP contribution in [0.5, 0.6) is 0 Å². The van der Waals surface area contributed by atoms with E-state index in [9.17, 15) is 15.0 Å². The number of aliphatic hydroxyl groups is 2. The van der Waals surface area contributed by atoms with Crippen molar-refractivity contribution >= 4 is 11.7 Å². The van der Waals surface area contributed by atoms with Gasteiger partial charge in [0.1, 0.15) is 6.54 Å². The molecule has 1 aliphatic rings. The van der Waals surface area contributed by atoms with Crippen LogP contribution in [0.1, 0.15) is 19.8 Å². The van der Waals surface area contributed by atoms with Crippen molar-refractivity contribution in [3.05, 3.63) is 23.7 Å². The lowest BCUT2D eigenvalue weighted by Crippen LogP contribution is -2.42. The Hall–Kier alpha value is -1.86. The first-order valence-corrected chi connectivity index (χ1v) is 6.19. The number of aliphatic hydroxyl groups excluding tert-OH is 1. The maximum Gasteiger partial charge on any atom is 0.325 e. The van der Waals surface area contributed by atoms with Crippen molar-refractivity contribution < 1.29 is 24.9 Å². The van der Waals surface area contributed by atoms with E-state index in [4.69, 9.17) is 9.84 Å². The molecule has 1 rings (SSSR count). The quantitative estimate of drug-likeness (QED) is 0.547. The highest BCUT2D eigenvalue weighted by molar-refractivity contribution is 6.01. The molecule has 0 saturated heterocycles. The standard InChI is InChI=1S/C13H20N2O5/c1-3-4-14-9-5-13(19,8-16)6-10(12(9)20-2)15-7-11(17)18/h3-4,14,16,19H,5-8H2,1-2H3,(H,17,18)/b4-3+,15-10?/t13-/m0/s1. The number of rotatable bonds is 6. The van der Waals surface area contributed by atoms with Gasteiger partial charge in [0.15, 0.2) is 5.76 Å². The van der Waals surface area contributed by atoms with E-state index in [1.807, 2.05) is 6.92 Å². The van der Waals surface area contributed by atoms with Crippen molar-refractivity contribution in [3.63, 3.8) is 0 Å². The number of carboxylic acid groups (broad SMARTS) is 1. The molecule has 0 bridgehead atoms. The zero-order valence-electron chi connectivity index (χ0n) is 11.6. The van der Waals surface area contributed by atoms with Crippen molar-refractivity contribution in [2.24, 2.45) is 4.99 Å². The van der Waals surface area contributed by atoms with Crippen LogP contribution < -0.4 is 5.32 Å². The van der Waals surface area contributed by atoms with Gasteiger partial charge in [-0.3, -0.25) is 9.79 Å². The Bertz CT molecular complexity index is 456. The predicted octanol–water partition coefficient (Wildman–Crippen LogP) is 0.0104. The van der Waals surface area contributed by atoms with Gasteiger partial charge in [-0.1, -0.05) is 6.08 Å². The van der Waals surface area contributed by atoms with Crippen molar-refractivity contribution in [3.8, 4) is 0 Å². The summed E-state index contributed by atoms with van der Waals surface area (Å²) >= 11 is 0. The zero-order chi connectivity index (χ0) is 15.2. The summed E-state index contributed by atoms with van der Waals surface area (Å²) in [6.45, 7) is 0.957. The molecule has 112 valence electrons. The summed E-state index contributed by atoms with van der Waals surface area (Å²) in [7, 11) is 1.45. The molecule has 0 aromatic heterocycles. The van der Waals surface area contributed by atoms with Crippen molar-refractivity contribution in [2.45, 2.75) is 25.4 Å². The third-order valence-corrected chi connectivity index (χ3v) is 2.87. The number of aliphatic imine (C=N–C) groups is 1. The lowest BCUT2D eigenvalue weighted by molar-refractivity contribution is -0.135. The maximum absolute atomic E-state index is 10.6. The third-order valence-electron chi connectivity index (χ3n) is 2.87. The van der Waals surface area contributed by atoms with Gasteiger partial charge in [0.05, 0.1) is 30.7 Å². The first-order valence-electron chi connectivity index (χ1n) is 6.19. The average molecular weight is 284 g/mol. The maximum atomic E-state index is 10.6. The summed E-state index contributed by atoms with van der Waals surface area (Å²) in [4.78, 5) is 14.6. The highest BCUT2D eigenvalue weighted by atomic mass is 16.5. The van der Waals surface area contributed by atoms with Crippen LogP contribution in [0.4, 0.5) is 0 Å². The summed E-state index contributed by atoms with van der Waals surface area (Å²) in [6, 6.07) is 0. The molecule has 7 heteroatoms. The van der Waals surface area contributed by atoms with Crippen LogP contribution in [-0.2, 0) is 9.53 Å². The Morgan fingerprint density at radius 1 is 1.55 bits per heavy atom. The van der Waals surface area contributed by atoms with Gasteiger partial charge in [-0.15, -0.1) is 0 Å². The highest BCUT2D eigenvalue weighted by Crippen LogP contribution is 2.30. The number of carbonyl (C=O) groups is 1. The second kappa shape index (κ2) is 7.06. The number of nitrogens with one attached hydrogen (secondary N) is 1. The first kappa shape index (κ1) is 16.2. The molecule has 0 aromatic carbocycles. The number of carboxylic acids is 1. The minimum Gasteiger partial charge on any atom is -0.493 e. The van der Waals surface area contributed by atoms with Crippen molar-refractivity contribution in [1.29, 1.82) is 0 Å². The lowest BCUT2D eigenvalue weighted by Gasteiger charge is -2.33. The molecular weight excluding hydrogens is 264 g/mol. The number of methoxy groups -OCH3 is 1. The molecule has 0 saturated carbocycles. The molecule has 0 amide bonds. The second-order valence-electron chi connectivity index (χ2n) is 4.55. The Labute approximate surface area is 117 Å². The molecule has 0 aromatic rings. The summed E-state index contributed by atoms with van der Waals surface area (Å²) in [5.74, 6) is -0.670. The average Bonchev–Trinajstić information content (AvgIpc) is 2.42. The van der Waals surface area contributed by atoms with Crippen LogP contribution in [-0.4, -0.2) is 52.9 Å². The molecule has 4 N–H and O–H groups in total. The van der Waals surface area contributed by atoms with Gasteiger partial charge < -0.3 is 25.4 Å². The summed E-state index contributed by atoms with van der Waals surface area (Å²) in [5, 5.41) is 31.2. The van der Waals surface area contributed by atoms with Crippen LogP contribution in [0.15, 0.2) is 28.7 Å². The van der Waals surface area contributed by atoms with E-state index < -0.39 is 24.7 Å². The van der Waals surface area contributed by atoms with Gasteiger partial charge in [0.25, 0.3) is 0 Å². The third kappa shape index (κ3) is 4.07. The molecule has 20 heavy (non-hydrogen) atoms. The molecule has 0 radical (unpaired) electrons. The molecule has 0 fully saturated rings. The van der Waals surface area contributed by atoms with Crippen LogP contribution in [0, 0.1) is 0 Å². The Balaban J connectivity index is 3.16. The molecule has 1 atom stereocenters. The summed E-state index contributed by atoms with van der Waals surface area (Å²) < 4.78 is 5.25. The van der Waals surface area contributed by atoms with Crippen LogP contribution in [0.3, 0.4) is 0 Å². The fraction of sp³-hybridized carbons (Fsp3) is 0.538. The number of nitrogens with zero attached hydrogens (tertiary/aromatic N) is 1. The monoisotopic (exact) mass is 284 g/mol. The molecular formula is C13H20N2O5. The van der Waals surface area contributed by atoms with Gasteiger partial charge in [-0.25, -0.2) is 0 Å². The number of allylic oxidation sites excluding steroid dienone is 2. The normalized spacial score (nSPS) is 25.3. The molecule has 0 unspecified atom stereocenters. The van der Waals surface area contributed by atoms with Gasteiger partial charge in [-0.2, -0.15) is 0 Å². The van der Waals surface area contributed by atoms with E-state index >= 15 is 0 Å². The number of hydrogen-bond acceptors (Lipinski definition) is 6. The lowest BCUT2D eigenvalue weighted by atomic mass is 9.85. The highest BCUT2D eigenvalue weighted by Gasteiger charge is 2.37. The minimum atomic E-state index is -1.37. The van der Waals surface area contributed by atoms with E-state index in [-0.39, 0.29) is 12.8 Å². The molecule has 7 nitrogen and oxygen atoms in total. The van der Waals surface area contributed by atoms with E-state index in [0.29, 0.717) is 17.2 Å². The van der Waals surface area contributed by atoms with Crippen LogP contribution >= 0.6 is 0 Å². The predicted molar refractivity (Wildman–Crippen MR) is 73.2 cm³/mol. The topological polar surface area (TPSA) is 111 Å². The van der Waals surface area contributed by atoms with Gasteiger partial charge in [0, 0.05) is 12.8 Å². The van der Waals surface area contributed by atoms with E-state index in [2.05, 4.69) is 10.3 Å². The number of aliphatic carboxylic acids is 1. The van der Waals surface area contributed by atoms with Gasteiger partial charge in [-0.05, 0) is 13.1 Å². The SMILES string of the molecule is C/C=C/NC1=C(OC)C(=NCC(=O)O)C[C@](O)(CO)C1. The molecule has 0 spiro atoms. The van der Waals surface area contributed by atoms with Crippen molar-refractivity contribution in [1.82, 2.24) is 5.32 Å². The fourth-order valence-corrected chi connectivity index (χ4v) is 1.98. The minimum absolute atomic E-state index is 0.0426. The first-order chi connectivity index (χ1) is 9.45. The van der Waals surface area contributed by atoms with E-state index in [1.165, 1.54) is 7.11 Å². The van der Waals surface area contributed by atoms with Crippen molar-refractivity contribution in [2.75, 3.05) is 20.3 Å². The van der Waals surface area contributed by atoms with Gasteiger partial charge in [0.2, 0.25) is 0 Å². The number of ether oxygens (including phenoxy) is 1. The Morgan fingerprint density at radius 2 is 2.25 bits per heavy atom. The largest absolute Gasteiger partial charge is 0.493 e. The van der Waals surface area contributed by atoms with E-state index in [0.717, 1.165) is 0 Å². The van der Waals surface area contributed by atoms with Crippen LogP contribution in [0.2, 0.25) is 0 Å². The molecule has 0 aliphatic heterocycles. The summed E-state index contributed by atoms with van der Waals surface area (Å²) in [6.07, 6.45) is 3.64. The Kier molecular flexibility index (Phi) is 5.72. The zero-order valence-corrected chi connectivity index (χ0v) is 11.6. The van der Waals surface area contributed by atoms with E-state index in [1.54, 1.807) is 12.3 Å². The Morgan fingerprint density at radius 3 is 2.75 bits per heavy atom. The number of hydrogen-bond donors (Lipinski definition) is 4. The smallest absolute Gasteiger partial charge is 0.325 e.